The van der Waals surface area contributed by atoms with E-state index < -0.39 is 0 Å². The molecular formula is C10H19N. The van der Waals surface area contributed by atoms with Crippen LogP contribution in [0.25, 0.3) is 0 Å². The van der Waals surface area contributed by atoms with Crippen LogP contribution in [0.2, 0.25) is 0 Å². The lowest BCUT2D eigenvalue weighted by Crippen LogP contribution is -2.46. The minimum absolute atomic E-state index is 0.422. The maximum absolute atomic E-state index is 3.57. The van der Waals surface area contributed by atoms with Crippen molar-refractivity contribution in [2.24, 2.45) is 11.8 Å². The molecule has 1 aliphatic carbocycles. The third-order valence-corrected chi connectivity index (χ3v) is 3.18. The molecule has 0 spiro atoms. The van der Waals surface area contributed by atoms with E-state index in [0.29, 0.717) is 5.54 Å². The van der Waals surface area contributed by atoms with Crippen LogP contribution in [0.15, 0.2) is 0 Å². The molecule has 2 fully saturated rings. The molecule has 1 N–H and O–H groups in total. The Kier molecular flexibility index (Phi) is 1.71. The van der Waals surface area contributed by atoms with Crippen LogP contribution in [0.4, 0.5) is 0 Å². The Bertz CT molecular complexity index is 147. The number of hydrogen-bond donors (Lipinski definition) is 1. The summed E-state index contributed by atoms with van der Waals surface area (Å²) in [5.41, 5.74) is 0.422. The van der Waals surface area contributed by atoms with Gasteiger partial charge in [0, 0.05) is 5.54 Å². The Morgan fingerprint density at radius 1 is 1.09 bits per heavy atom. The van der Waals surface area contributed by atoms with Gasteiger partial charge in [0.25, 0.3) is 0 Å². The van der Waals surface area contributed by atoms with E-state index in [4.69, 9.17) is 0 Å². The maximum Gasteiger partial charge on any atom is 0.0127 e. The molecule has 1 aliphatic heterocycles. The molecule has 0 aromatic rings. The summed E-state index contributed by atoms with van der Waals surface area (Å²) in [6.07, 6.45) is 5.85. The summed E-state index contributed by atoms with van der Waals surface area (Å²) < 4.78 is 0. The van der Waals surface area contributed by atoms with E-state index in [1.54, 1.807) is 0 Å². The van der Waals surface area contributed by atoms with Gasteiger partial charge in [-0.15, -0.1) is 0 Å². The summed E-state index contributed by atoms with van der Waals surface area (Å²) in [6.45, 7) is 5.91. The molecule has 1 saturated heterocycles. The van der Waals surface area contributed by atoms with Crippen molar-refractivity contribution < 1.29 is 0 Å². The zero-order valence-corrected chi connectivity index (χ0v) is 7.69. The molecule has 0 amide bonds. The smallest absolute Gasteiger partial charge is 0.0127 e. The highest BCUT2D eigenvalue weighted by Crippen LogP contribution is 2.43. The second-order valence-electron chi connectivity index (χ2n) is 4.90. The minimum atomic E-state index is 0.422. The van der Waals surface area contributed by atoms with Gasteiger partial charge in [-0.25, -0.2) is 0 Å². The van der Waals surface area contributed by atoms with E-state index in [1.165, 1.54) is 32.2 Å². The van der Waals surface area contributed by atoms with E-state index in [1.807, 2.05) is 0 Å². The Labute approximate surface area is 69.6 Å². The van der Waals surface area contributed by atoms with E-state index in [-0.39, 0.29) is 0 Å². The highest BCUT2D eigenvalue weighted by molar-refractivity contribution is 4.92. The number of hydrogen-bond acceptors (Lipinski definition) is 1. The van der Waals surface area contributed by atoms with Crippen LogP contribution >= 0.6 is 0 Å². The molecule has 2 rings (SSSR count). The number of piperidine rings is 1. The summed E-state index contributed by atoms with van der Waals surface area (Å²) in [6, 6.07) is 0. The first-order chi connectivity index (χ1) is 5.17. The van der Waals surface area contributed by atoms with Gasteiger partial charge in [-0.2, -0.15) is 0 Å². The molecule has 0 aromatic heterocycles. The molecule has 1 saturated carbocycles. The Morgan fingerprint density at radius 3 is 2.36 bits per heavy atom. The summed E-state index contributed by atoms with van der Waals surface area (Å²) in [4.78, 5) is 0. The lowest BCUT2D eigenvalue weighted by molar-refractivity contribution is 0.212. The number of rotatable bonds is 1. The van der Waals surface area contributed by atoms with Gasteiger partial charge >= 0.3 is 0 Å². The second kappa shape index (κ2) is 2.48. The fourth-order valence-electron chi connectivity index (χ4n) is 2.40. The van der Waals surface area contributed by atoms with Crippen molar-refractivity contribution in [1.82, 2.24) is 5.32 Å². The fraction of sp³-hybridized carbons (Fsp3) is 1.00. The van der Waals surface area contributed by atoms with Crippen molar-refractivity contribution in [3.63, 3.8) is 0 Å². The lowest BCUT2D eigenvalue weighted by atomic mass is 9.82. The predicted octanol–water partition coefficient (Wildman–Crippen LogP) is 2.17. The predicted molar refractivity (Wildman–Crippen MR) is 47.5 cm³/mol. The topological polar surface area (TPSA) is 12.0 Å². The van der Waals surface area contributed by atoms with E-state index in [2.05, 4.69) is 19.2 Å². The Balaban J connectivity index is 1.92. The van der Waals surface area contributed by atoms with Gasteiger partial charge in [-0.05, 0) is 57.9 Å². The van der Waals surface area contributed by atoms with E-state index in [0.717, 1.165) is 11.8 Å². The summed E-state index contributed by atoms with van der Waals surface area (Å²) in [7, 11) is 0. The van der Waals surface area contributed by atoms with Crippen molar-refractivity contribution in [1.29, 1.82) is 0 Å². The van der Waals surface area contributed by atoms with Crippen LogP contribution in [-0.2, 0) is 0 Å². The van der Waals surface area contributed by atoms with Crippen molar-refractivity contribution >= 4 is 0 Å². The molecule has 2 aliphatic rings. The van der Waals surface area contributed by atoms with Crippen LogP contribution in [-0.4, -0.2) is 12.1 Å². The molecule has 11 heavy (non-hydrogen) atoms. The molecule has 64 valence electrons. The van der Waals surface area contributed by atoms with Gasteiger partial charge in [-0.1, -0.05) is 0 Å². The zero-order chi connectivity index (χ0) is 7.90. The molecule has 1 atom stereocenters. The number of nitrogens with one attached hydrogen (secondary N) is 1. The molecule has 1 nitrogen and oxygen atoms in total. The first-order valence-corrected chi connectivity index (χ1v) is 4.92. The van der Waals surface area contributed by atoms with Crippen LogP contribution in [0, 0.1) is 11.8 Å². The second-order valence-corrected chi connectivity index (χ2v) is 4.90. The molecule has 1 heterocycles. The molecule has 0 aromatic carbocycles. The van der Waals surface area contributed by atoms with Crippen LogP contribution < -0.4 is 5.32 Å². The first-order valence-electron chi connectivity index (χ1n) is 4.92. The standard InChI is InChI=1S/C10H19N/c1-10(2)7-9(5-6-11-10)8-3-4-8/h8-9,11H,3-7H2,1-2H3. The summed E-state index contributed by atoms with van der Waals surface area (Å²) in [5.74, 6) is 2.16. The highest BCUT2D eigenvalue weighted by atomic mass is 15.0. The molecule has 0 radical (unpaired) electrons. The van der Waals surface area contributed by atoms with Gasteiger partial charge in [-0.3, -0.25) is 0 Å². The quantitative estimate of drug-likeness (QED) is 0.609. The van der Waals surface area contributed by atoms with Crippen molar-refractivity contribution in [2.75, 3.05) is 6.54 Å². The van der Waals surface area contributed by atoms with Crippen molar-refractivity contribution in [2.45, 2.75) is 45.1 Å². The van der Waals surface area contributed by atoms with E-state index in [9.17, 15) is 0 Å². The van der Waals surface area contributed by atoms with E-state index >= 15 is 0 Å². The van der Waals surface area contributed by atoms with Crippen molar-refractivity contribution in [3.8, 4) is 0 Å². The largest absolute Gasteiger partial charge is 0.312 e. The monoisotopic (exact) mass is 153 g/mol. The summed E-state index contributed by atoms with van der Waals surface area (Å²) in [5, 5.41) is 3.57. The first kappa shape index (κ1) is 7.60. The average molecular weight is 153 g/mol. The van der Waals surface area contributed by atoms with Gasteiger partial charge in [0.2, 0.25) is 0 Å². The van der Waals surface area contributed by atoms with Crippen LogP contribution in [0.1, 0.15) is 39.5 Å². The highest BCUT2D eigenvalue weighted by Gasteiger charge is 2.36. The SMILES string of the molecule is CC1(C)CC(C2CC2)CCN1. The lowest BCUT2D eigenvalue weighted by Gasteiger charge is -2.36. The minimum Gasteiger partial charge on any atom is -0.312 e. The zero-order valence-electron chi connectivity index (χ0n) is 7.69. The maximum atomic E-state index is 3.57. The van der Waals surface area contributed by atoms with Crippen LogP contribution in [0.5, 0.6) is 0 Å². The Hall–Kier alpha value is -0.0400. The third-order valence-electron chi connectivity index (χ3n) is 3.18. The van der Waals surface area contributed by atoms with Gasteiger partial charge in [0.05, 0.1) is 0 Å². The van der Waals surface area contributed by atoms with Crippen molar-refractivity contribution in [3.05, 3.63) is 0 Å². The van der Waals surface area contributed by atoms with Crippen LogP contribution in [0.3, 0.4) is 0 Å². The molecular weight excluding hydrogens is 134 g/mol. The molecule has 1 heteroatoms. The van der Waals surface area contributed by atoms with Gasteiger partial charge in [0.15, 0.2) is 0 Å². The van der Waals surface area contributed by atoms with Gasteiger partial charge in [0.1, 0.15) is 0 Å². The fourth-order valence-corrected chi connectivity index (χ4v) is 2.40. The molecule has 1 unspecified atom stereocenters. The van der Waals surface area contributed by atoms with Gasteiger partial charge < -0.3 is 5.32 Å². The summed E-state index contributed by atoms with van der Waals surface area (Å²) >= 11 is 0. The average Bonchev–Trinajstić information content (AvgIpc) is 2.65. The molecule has 0 bridgehead atoms. The Morgan fingerprint density at radius 2 is 1.82 bits per heavy atom. The third kappa shape index (κ3) is 1.76. The normalized spacial score (nSPS) is 37.1.